The van der Waals surface area contributed by atoms with Crippen molar-refractivity contribution in [3.05, 3.63) is 33.8 Å². The molecular formula is C12H18BrNO. The van der Waals surface area contributed by atoms with Crippen LogP contribution in [0.1, 0.15) is 17.5 Å². The Morgan fingerprint density at radius 2 is 2.00 bits per heavy atom. The molecule has 0 fully saturated rings. The third-order valence-corrected chi connectivity index (χ3v) is 2.88. The van der Waals surface area contributed by atoms with Gasteiger partial charge in [0.2, 0.25) is 0 Å². The maximum atomic E-state index is 9.22. The predicted octanol–water partition coefficient (Wildman–Crippen LogP) is 2.44. The molecule has 0 unspecified atom stereocenters. The third kappa shape index (κ3) is 4.33. The zero-order valence-electron chi connectivity index (χ0n) is 9.33. The minimum absolute atomic E-state index is 0.122. The van der Waals surface area contributed by atoms with E-state index in [9.17, 15) is 5.11 Å². The smallest absolute Gasteiger partial charge is 0.0684 e. The fourth-order valence-electron chi connectivity index (χ4n) is 1.57. The summed E-state index contributed by atoms with van der Waals surface area (Å²) < 4.78 is 1.03. The molecule has 1 N–H and O–H groups in total. The fourth-order valence-corrected chi connectivity index (χ4v) is 1.98. The highest BCUT2D eigenvalue weighted by molar-refractivity contribution is 9.10. The summed E-state index contributed by atoms with van der Waals surface area (Å²) in [5.41, 5.74) is 2.28. The molecule has 0 bridgehead atoms. The average molecular weight is 272 g/mol. The third-order valence-electron chi connectivity index (χ3n) is 2.39. The van der Waals surface area contributed by atoms with Crippen molar-refractivity contribution in [3.8, 4) is 0 Å². The second-order valence-corrected chi connectivity index (χ2v) is 4.89. The van der Waals surface area contributed by atoms with E-state index < -0.39 is 0 Å². The average Bonchev–Trinajstić information content (AvgIpc) is 2.19. The molecule has 1 aromatic rings. The normalized spacial score (nSPS) is 11.0. The van der Waals surface area contributed by atoms with Crippen molar-refractivity contribution in [1.29, 1.82) is 0 Å². The standard InChI is InChI=1S/C12H18BrNO/c1-14(2)7-3-4-10-5-6-12(13)8-11(10)9-15/h5-6,8,15H,3-4,7,9H2,1-2H3. The van der Waals surface area contributed by atoms with Gasteiger partial charge in [-0.1, -0.05) is 22.0 Å². The van der Waals surface area contributed by atoms with Gasteiger partial charge in [-0.05, 0) is 56.7 Å². The summed E-state index contributed by atoms with van der Waals surface area (Å²) in [4.78, 5) is 2.18. The molecule has 0 saturated carbocycles. The van der Waals surface area contributed by atoms with Crippen LogP contribution < -0.4 is 0 Å². The Balaban J connectivity index is 2.60. The SMILES string of the molecule is CN(C)CCCc1ccc(Br)cc1CO. The van der Waals surface area contributed by atoms with Gasteiger partial charge in [0.15, 0.2) is 0 Å². The zero-order valence-corrected chi connectivity index (χ0v) is 10.9. The van der Waals surface area contributed by atoms with Crippen molar-refractivity contribution in [2.45, 2.75) is 19.4 Å². The molecule has 0 saturated heterocycles. The Bertz CT molecular complexity index is 312. The van der Waals surface area contributed by atoms with E-state index in [1.807, 2.05) is 12.1 Å². The summed E-state index contributed by atoms with van der Waals surface area (Å²) in [5.74, 6) is 0. The quantitative estimate of drug-likeness (QED) is 0.890. The lowest BCUT2D eigenvalue weighted by Crippen LogP contribution is -2.13. The number of benzene rings is 1. The van der Waals surface area contributed by atoms with E-state index in [0.29, 0.717) is 0 Å². The summed E-state index contributed by atoms with van der Waals surface area (Å²) in [5, 5.41) is 9.22. The van der Waals surface area contributed by atoms with Crippen molar-refractivity contribution < 1.29 is 5.11 Å². The van der Waals surface area contributed by atoms with Crippen LogP contribution in [0.5, 0.6) is 0 Å². The van der Waals surface area contributed by atoms with E-state index in [0.717, 1.165) is 29.4 Å². The van der Waals surface area contributed by atoms with Gasteiger partial charge in [-0.3, -0.25) is 0 Å². The summed E-state index contributed by atoms with van der Waals surface area (Å²) in [6, 6.07) is 6.11. The van der Waals surface area contributed by atoms with Gasteiger partial charge in [-0.15, -0.1) is 0 Å². The van der Waals surface area contributed by atoms with Crippen LogP contribution in [0.15, 0.2) is 22.7 Å². The molecule has 0 aliphatic carbocycles. The first kappa shape index (κ1) is 12.7. The maximum absolute atomic E-state index is 9.22. The molecule has 3 heteroatoms. The Labute approximate surface area is 100 Å². The number of aryl methyl sites for hydroxylation is 1. The second kappa shape index (κ2) is 6.26. The molecule has 1 rings (SSSR count). The van der Waals surface area contributed by atoms with Gasteiger partial charge in [-0.2, -0.15) is 0 Å². The Morgan fingerprint density at radius 1 is 1.27 bits per heavy atom. The number of hydrogen-bond donors (Lipinski definition) is 1. The van der Waals surface area contributed by atoms with Crippen molar-refractivity contribution in [1.82, 2.24) is 4.90 Å². The van der Waals surface area contributed by atoms with E-state index >= 15 is 0 Å². The van der Waals surface area contributed by atoms with Crippen LogP contribution in [-0.2, 0) is 13.0 Å². The van der Waals surface area contributed by atoms with E-state index in [2.05, 4.69) is 41.0 Å². The lowest BCUT2D eigenvalue weighted by molar-refractivity contribution is 0.280. The van der Waals surface area contributed by atoms with Gasteiger partial charge in [0.1, 0.15) is 0 Å². The molecule has 15 heavy (non-hydrogen) atoms. The number of halogens is 1. The van der Waals surface area contributed by atoms with Crippen LogP contribution in [0, 0.1) is 0 Å². The van der Waals surface area contributed by atoms with Crippen LogP contribution in [-0.4, -0.2) is 30.6 Å². The van der Waals surface area contributed by atoms with Crippen molar-refractivity contribution in [2.24, 2.45) is 0 Å². The topological polar surface area (TPSA) is 23.5 Å². The van der Waals surface area contributed by atoms with Gasteiger partial charge in [-0.25, -0.2) is 0 Å². The van der Waals surface area contributed by atoms with Crippen molar-refractivity contribution in [2.75, 3.05) is 20.6 Å². The molecule has 1 aromatic carbocycles. The minimum atomic E-state index is 0.122. The number of aliphatic hydroxyl groups excluding tert-OH is 1. The van der Waals surface area contributed by atoms with Crippen LogP contribution in [0.25, 0.3) is 0 Å². The second-order valence-electron chi connectivity index (χ2n) is 3.98. The first-order valence-corrected chi connectivity index (χ1v) is 5.95. The lowest BCUT2D eigenvalue weighted by atomic mass is 10.0. The highest BCUT2D eigenvalue weighted by Crippen LogP contribution is 2.18. The first-order valence-electron chi connectivity index (χ1n) is 5.16. The molecule has 0 spiro atoms. The fraction of sp³-hybridized carbons (Fsp3) is 0.500. The number of nitrogens with zero attached hydrogens (tertiary/aromatic N) is 1. The van der Waals surface area contributed by atoms with Crippen molar-refractivity contribution in [3.63, 3.8) is 0 Å². The van der Waals surface area contributed by atoms with Crippen molar-refractivity contribution >= 4 is 15.9 Å². The largest absolute Gasteiger partial charge is 0.392 e. The van der Waals surface area contributed by atoms with Crippen LogP contribution in [0.4, 0.5) is 0 Å². The minimum Gasteiger partial charge on any atom is -0.392 e. The lowest BCUT2D eigenvalue weighted by Gasteiger charge is -2.11. The van der Waals surface area contributed by atoms with Gasteiger partial charge < -0.3 is 10.0 Å². The van der Waals surface area contributed by atoms with Gasteiger partial charge in [0.25, 0.3) is 0 Å². The van der Waals surface area contributed by atoms with E-state index in [-0.39, 0.29) is 6.61 Å². The van der Waals surface area contributed by atoms with E-state index in [4.69, 9.17) is 0 Å². The first-order chi connectivity index (χ1) is 7.13. The zero-order chi connectivity index (χ0) is 11.3. The summed E-state index contributed by atoms with van der Waals surface area (Å²) in [7, 11) is 4.16. The molecule has 2 nitrogen and oxygen atoms in total. The predicted molar refractivity (Wildman–Crippen MR) is 66.9 cm³/mol. The molecule has 0 atom stereocenters. The number of aliphatic hydroxyl groups is 1. The van der Waals surface area contributed by atoms with E-state index in [1.165, 1.54) is 5.56 Å². The summed E-state index contributed by atoms with van der Waals surface area (Å²) in [6.45, 7) is 1.21. The monoisotopic (exact) mass is 271 g/mol. The Morgan fingerprint density at radius 3 is 2.60 bits per heavy atom. The number of hydrogen-bond acceptors (Lipinski definition) is 2. The maximum Gasteiger partial charge on any atom is 0.0684 e. The molecule has 0 aliphatic heterocycles. The Hall–Kier alpha value is -0.380. The van der Waals surface area contributed by atoms with Crippen LogP contribution >= 0.6 is 15.9 Å². The highest BCUT2D eigenvalue weighted by Gasteiger charge is 2.02. The molecule has 0 aromatic heterocycles. The van der Waals surface area contributed by atoms with Gasteiger partial charge in [0, 0.05) is 4.47 Å². The number of rotatable bonds is 5. The highest BCUT2D eigenvalue weighted by atomic mass is 79.9. The van der Waals surface area contributed by atoms with Crippen LogP contribution in [0.3, 0.4) is 0 Å². The molecule has 0 heterocycles. The molecule has 0 amide bonds. The summed E-state index contributed by atoms with van der Waals surface area (Å²) >= 11 is 3.41. The molecule has 84 valence electrons. The molecule has 0 radical (unpaired) electrons. The van der Waals surface area contributed by atoms with Gasteiger partial charge in [0.05, 0.1) is 6.61 Å². The van der Waals surface area contributed by atoms with Crippen LogP contribution in [0.2, 0.25) is 0 Å². The summed E-state index contributed by atoms with van der Waals surface area (Å²) in [6.07, 6.45) is 2.16. The Kier molecular flexibility index (Phi) is 5.29. The molecular weight excluding hydrogens is 254 g/mol. The van der Waals surface area contributed by atoms with Gasteiger partial charge >= 0.3 is 0 Å². The van der Waals surface area contributed by atoms with E-state index in [1.54, 1.807) is 0 Å². The molecule has 0 aliphatic rings.